The summed E-state index contributed by atoms with van der Waals surface area (Å²) in [6, 6.07) is -0.743. The van der Waals surface area contributed by atoms with Crippen LogP contribution in [-0.2, 0) is 14.3 Å². The molecule has 0 aliphatic heterocycles. The zero-order chi connectivity index (χ0) is 47.4. The van der Waals surface area contributed by atoms with Crippen molar-refractivity contribution in [3.8, 4) is 0 Å². The summed E-state index contributed by atoms with van der Waals surface area (Å²) in [5, 5.41) is 23.7. The van der Waals surface area contributed by atoms with Gasteiger partial charge in [-0.25, -0.2) is 0 Å². The van der Waals surface area contributed by atoms with Gasteiger partial charge in [-0.3, -0.25) is 9.59 Å². The van der Waals surface area contributed by atoms with E-state index in [1.54, 1.807) is 0 Å². The van der Waals surface area contributed by atoms with Gasteiger partial charge in [-0.05, 0) is 57.4 Å². The molecule has 3 N–H and O–H groups in total. The maximum absolute atomic E-state index is 13.2. The highest BCUT2D eigenvalue weighted by molar-refractivity contribution is 5.78. The van der Waals surface area contributed by atoms with Crippen LogP contribution in [0.2, 0.25) is 0 Å². The molecular weight excluding hydrogens is 803 g/mol. The van der Waals surface area contributed by atoms with Crippen molar-refractivity contribution in [3.05, 3.63) is 72.9 Å². The lowest BCUT2D eigenvalue weighted by Gasteiger charge is -2.23. The molecule has 3 unspecified atom stereocenters. The largest absolute Gasteiger partial charge is 0.458 e. The van der Waals surface area contributed by atoms with E-state index in [4.69, 9.17) is 4.74 Å². The number of aliphatic hydroxyl groups excluding tert-OH is 2. The van der Waals surface area contributed by atoms with E-state index in [0.717, 1.165) is 70.6 Å². The molecule has 0 saturated heterocycles. The molecule has 376 valence electrons. The summed E-state index contributed by atoms with van der Waals surface area (Å²) in [6.07, 6.45) is 67.2. The third-order valence-corrected chi connectivity index (χ3v) is 12.3. The predicted molar refractivity (Wildman–Crippen MR) is 282 cm³/mol. The van der Waals surface area contributed by atoms with E-state index in [-0.39, 0.29) is 24.9 Å². The van der Waals surface area contributed by atoms with Gasteiger partial charge >= 0.3 is 5.97 Å². The van der Waals surface area contributed by atoms with Crippen LogP contribution in [-0.4, -0.2) is 46.9 Å². The Kier molecular flexibility index (Phi) is 50.1. The van der Waals surface area contributed by atoms with E-state index in [9.17, 15) is 19.8 Å². The van der Waals surface area contributed by atoms with Crippen molar-refractivity contribution >= 4 is 11.9 Å². The number of aliphatic hydroxyl groups is 2. The second-order valence-corrected chi connectivity index (χ2v) is 18.6. The Morgan fingerprint density at radius 1 is 0.462 bits per heavy atom. The molecule has 0 fully saturated rings. The van der Waals surface area contributed by atoms with Crippen LogP contribution in [0.25, 0.3) is 0 Å². The molecule has 6 nitrogen and oxygen atoms in total. The molecule has 0 bridgehead atoms. The highest BCUT2D eigenvalue weighted by Gasteiger charge is 2.23. The van der Waals surface area contributed by atoms with E-state index in [2.05, 4.69) is 86.8 Å². The monoisotopic (exact) mass is 908 g/mol. The van der Waals surface area contributed by atoms with Crippen molar-refractivity contribution in [2.75, 3.05) is 6.61 Å². The molecule has 0 aliphatic rings. The average molecular weight is 908 g/mol. The number of allylic oxidation sites excluding steroid dienone is 11. The van der Waals surface area contributed by atoms with Crippen LogP contribution in [0.5, 0.6) is 0 Å². The van der Waals surface area contributed by atoms with Gasteiger partial charge in [0.15, 0.2) is 0 Å². The second-order valence-electron chi connectivity index (χ2n) is 18.6. The fourth-order valence-electron chi connectivity index (χ4n) is 8.13. The molecule has 0 rings (SSSR count). The van der Waals surface area contributed by atoms with Gasteiger partial charge in [0.1, 0.15) is 6.10 Å². The Labute approximate surface area is 402 Å². The van der Waals surface area contributed by atoms with Crippen molar-refractivity contribution in [2.45, 2.75) is 283 Å². The zero-order valence-electron chi connectivity index (χ0n) is 42.9. The van der Waals surface area contributed by atoms with Crippen molar-refractivity contribution < 1.29 is 24.5 Å². The Bertz CT molecular complexity index is 1200. The average Bonchev–Trinajstić information content (AvgIpc) is 3.30. The molecule has 3 atom stereocenters. The van der Waals surface area contributed by atoms with Gasteiger partial charge in [0.2, 0.25) is 5.91 Å². The summed E-state index contributed by atoms with van der Waals surface area (Å²) < 4.78 is 5.84. The van der Waals surface area contributed by atoms with E-state index in [0.29, 0.717) is 19.3 Å². The number of hydrogen-bond donors (Lipinski definition) is 3. The van der Waals surface area contributed by atoms with Crippen LogP contribution in [0.4, 0.5) is 0 Å². The van der Waals surface area contributed by atoms with Crippen molar-refractivity contribution in [1.29, 1.82) is 0 Å². The highest BCUT2D eigenvalue weighted by Crippen LogP contribution is 2.17. The predicted octanol–water partition coefficient (Wildman–Crippen LogP) is 17.0. The highest BCUT2D eigenvalue weighted by atomic mass is 16.5. The third-order valence-electron chi connectivity index (χ3n) is 12.3. The first-order chi connectivity index (χ1) is 32.0. The van der Waals surface area contributed by atoms with Crippen LogP contribution in [0, 0.1) is 0 Å². The normalized spacial score (nSPS) is 13.7. The summed E-state index contributed by atoms with van der Waals surface area (Å²) in [4.78, 5) is 26.1. The number of carbonyl (C=O) groups is 2. The third kappa shape index (κ3) is 47.6. The van der Waals surface area contributed by atoms with Gasteiger partial charge in [0, 0.05) is 6.42 Å². The fraction of sp³-hybridized carbons (Fsp3) is 0.763. The second kappa shape index (κ2) is 52.3. The summed E-state index contributed by atoms with van der Waals surface area (Å²) in [7, 11) is 0. The Hall–Kier alpha value is -2.70. The molecule has 0 aliphatic carbocycles. The molecule has 0 spiro atoms. The quantitative estimate of drug-likeness (QED) is 0.0321. The van der Waals surface area contributed by atoms with Crippen molar-refractivity contribution in [2.24, 2.45) is 0 Å². The summed E-state index contributed by atoms with van der Waals surface area (Å²) >= 11 is 0. The first-order valence-corrected chi connectivity index (χ1v) is 27.7. The van der Waals surface area contributed by atoms with E-state index in [1.807, 2.05) is 12.2 Å². The lowest BCUT2D eigenvalue weighted by Crippen LogP contribution is -2.46. The van der Waals surface area contributed by atoms with Crippen LogP contribution < -0.4 is 5.32 Å². The lowest BCUT2D eigenvalue weighted by molar-refractivity contribution is -0.148. The van der Waals surface area contributed by atoms with Gasteiger partial charge < -0.3 is 20.3 Å². The minimum absolute atomic E-state index is 0.0470. The topological polar surface area (TPSA) is 95.9 Å². The van der Waals surface area contributed by atoms with Crippen LogP contribution in [0.1, 0.15) is 265 Å². The zero-order valence-corrected chi connectivity index (χ0v) is 42.9. The molecule has 0 radical (unpaired) electrons. The van der Waals surface area contributed by atoms with E-state index < -0.39 is 18.2 Å². The molecule has 6 heteroatoms. The van der Waals surface area contributed by atoms with Gasteiger partial charge in [-0.15, -0.1) is 0 Å². The maximum Gasteiger partial charge on any atom is 0.306 e. The van der Waals surface area contributed by atoms with Crippen molar-refractivity contribution in [1.82, 2.24) is 5.32 Å². The van der Waals surface area contributed by atoms with E-state index in [1.165, 1.54) is 148 Å². The Morgan fingerprint density at radius 2 is 0.800 bits per heavy atom. The summed E-state index contributed by atoms with van der Waals surface area (Å²) in [5.41, 5.74) is 0. The number of unbranched alkanes of at least 4 members (excludes halogenated alkanes) is 27. The minimum atomic E-state index is -0.820. The smallest absolute Gasteiger partial charge is 0.306 e. The van der Waals surface area contributed by atoms with Crippen molar-refractivity contribution in [3.63, 3.8) is 0 Å². The number of ether oxygens (including phenoxy) is 1. The van der Waals surface area contributed by atoms with Crippen LogP contribution in [0.15, 0.2) is 72.9 Å². The number of hydrogen-bond acceptors (Lipinski definition) is 5. The molecule has 0 heterocycles. The SMILES string of the molecule is CC/C=C\C/C=C\C/C=C\C/C=C\C/C=C\C/C=C\C(CC(=O)NC(CO)C(O)CCCCCCCCCCCC)OC(=O)CCCCCCCCCCCCCCCCCCCCC. The minimum Gasteiger partial charge on any atom is -0.458 e. The van der Waals surface area contributed by atoms with Gasteiger partial charge in [-0.2, -0.15) is 0 Å². The summed E-state index contributed by atoms with van der Waals surface area (Å²) in [6.45, 7) is 6.34. The molecule has 65 heavy (non-hydrogen) atoms. The van der Waals surface area contributed by atoms with Gasteiger partial charge in [0.25, 0.3) is 0 Å². The lowest BCUT2D eigenvalue weighted by atomic mass is 10.0. The molecule has 0 aromatic rings. The molecule has 0 saturated carbocycles. The first-order valence-electron chi connectivity index (χ1n) is 27.7. The van der Waals surface area contributed by atoms with Gasteiger partial charge in [-0.1, -0.05) is 267 Å². The molecule has 0 aromatic carbocycles. The Morgan fingerprint density at radius 3 is 1.17 bits per heavy atom. The molecular formula is C59H105NO5. The number of amides is 1. The van der Waals surface area contributed by atoms with Crippen LogP contribution >= 0.6 is 0 Å². The number of rotatable bonds is 49. The first kappa shape index (κ1) is 62.3. The van der Waals surface area contributed by atoms with E-state index >= 15 is 0 Å². The maximum atomic E-state index is 13.2. The number of carbonyl (C=O) groups excluding carboxylic acids is 2. The number of nitrogens with one attached hydrogen (secondary N) is 1. The molecule has 0 aromatic heterocycles. The summed E-state index contributed by atoms with van der Waals surface area (Å²) in [5.74, 6) is -0.624. The Balaban J connectivity index is 4.68. The molecule has 1 amide bonds. The number of esters is 1. The fourth-order valence-corrected chi connectivity index (χ4v) is 8.13. The standard InChI is InChI=1S/C59H105NO5/c1-4-7-10-13-16-19-22-24-26-28-29-31-33-35-37-40-43-46-49-52-59(64)65-55(50-47-44-41-38-36-34-32-30-27-25-23-20-17-14-11-8-5-2)53-58(63)60-56(54-61)57(62)51-48-45-42-39-21-18-15-12-9-6-3/h8,11,17,20,25,27,32,34,38,41,47,50,55-57,61-62H,4-7,9-10,12-16,18-19,21-24,26,28-31,33,35-37,39-40,42-46,48-49,51-54H2,1-3H3,(H,60,63)/b11-8-,20-17-,27-25-,34-32-,41-38-,50-47-. The van der Waals surface area contributed by atoms with Crippen LogP contribution in [0.3, 0.4) is 0 Å². The van der Waals surface area contributed by atoms with Gasteiger partial charge in [0.05, 0.1) is 25.2 Å².